The van der Waals surface area contributed by atoms with E-state index in [1.807, 2.05) is 6.92 Å². The van der Waals surface area contributed by atoms with Crippen molar-refractivity contribution in [3.8, 4) is 0 Å². The van der Waals surface area contributed by atoms with Crippen LogP contribution in [0.3, 0.4) is 0 Å². The summed E-state index contributed by atoms with van der Waals surface area (Å²) in [7, 11) is 0. The molecule has 2 aliphatic rings. The molecule has 3 rings (SSSR count). The molecule has 1 unspecified atom stereocenters. The molecule has 1 amide bonds. The zero-order valence-corrected chi connectivity index (χ0v) is 14.4. The van der Waals surface area contributed by atoms with Crippen LogP contribution in [0.15, 0.2) is 16.6 Å². The van der Waals surface area contributed by atoms with Crippen LogP contribution < -0.4 is 15.5 Å². The maximum atomic E-state index is 12.1. The fourth-order valence-corrected chi connectivity index (χ4v) is 4.01. The predicted molar refractivity (Wildman–Crippen MR) is 89.8 cm³/mol. The van der Waals surface area contributed by atoms with Gasteiger partial charge in [-0.15, -0.1) is 0 Å². The fourth-order valence-electron chi connectivity index (χ4n) is 3.44. The molecule has 1 fully saturated rings. The van der Waals surface area contributed by atoms with Crippen LogP contribution in [-0.4, -0.2) is 24.5 Å². The number of likely N-dealkylation sites (N-methyl/N-ethyl adjacent to an activating group) is 1. The zero-order valence-electron chi connectivity index (χ0n) is 12.8. The van der Waals surface area contributed by atoms with Gasteiger partial charge in [-0.05, 0) is 61.3 Å². The van der Waals surface area contributed by atoms with Gasteiger partial charge >= 0.3 is 0 Å². The van der Waals surface area contributed by atoms with Gasteiger partial charge in [0.25, 0.3) is 0 Å². The van der Waals surface area contributed by atoms with Crippen LogP contribution >= 0.6 is 15.9 Å². The van der Waals surface area contributed by atoms with Gasteiger partial charge in [0.2, 0.25) is 5.91 Å². The Kier molecular flexibility index (Phi) is 3.74. The molecule has 0 spiro atoms. The highest BCUT2D eigenvalue weighted by molar-refractivity contribution is 9.10. The van der Waals surface area contributed by atoms with E-state index in [4.69, 9.17) is 0 Å². The average molecular weight is 352 g/mol. The van der Waals surface area contributed by atoms with Gasteiger partial charge in [0.05, 0.1) is 5.69 Å². The van der Waals surface area contributed by atoms with E-state index >= 15 is 0 Å². The number of carbonyl (C=O) groups is 1. The number of fused-ring (bicyclic) bond motifs is 1. The van der Waals surface area contributed by atoms with Crippen LogP contribution in [0.25, 0.3) is 0 Å². The van der Waals surface area contributed by atoms with E-state index in [1.54, 1.807) is 0 Å². The first-order chi connectivity index (χ1) is 9.94. The molecule has 0 radical (unpaired) electrons. The Morgan fingerprint density at radius 3 is 2.86 bits per heavy atom. The lowest BCUT2D eigenvalue weighted by atomic mass is 10.0. The topological polar surface area (TPSA) is 44.4 Å². The minimum atomic E-state index is -0.234. The average Bonchev–Trinajstić information content (AvgIpc) is 2.90. The van der Waals surface area contributed by atoms with Crippen LogP contribution in [-0.2, 0) is 4.79 Å². The number of halogens is 1. The molecule has 2 N–H and O–H groups in total. The van der Waals surface area contributed by atoms with Gasteiger partial charge in [0, 0.05) is 27.8 Å². The summed E-state index contributed by atoms with van der Waals surface area (Å²) in [4.78, 5) is 14.5. The van der Waals surface area contributed by atoms with Gasteiger partial charge in [0.1, 0.15) is 6.04 Å². The summed E-state index contributed by atoms with van der Waals surface area (Å²) in [5.41, 5.74) is 3.32. The second-order valence-corrected chi connectivity index (χ2v) is 7.29. The Hall–Kier alpha value is -1.07. The Labute approximate surface area is 134 Å². The number of benzene rings is 1. The SMILES string of the molecule is CCNC1C(=O)Nc2cc(N3CCCC3(C)C)c(Br)cc21. The van der Waals surface area contributed by atoms with Gasteiger partial charge in [-0.1, -0.05) is 6.92 Å². The molecule has 1 saturated heterocycles. The lowest BCUT2D eigenvalue weighted by Gasteiger charge is -2.34. The van der Waals surface area contributed by atoms with Crippen LogP contribution in [0.2, 0.25) is 0 Å². The van der Waals surface area contributed by atoms with Crippen molar-refractivity contribution in [2.75, 3.05) is 23.3 Å². The molecular formula is C16H22BrN3O. The van der Waals surface area contributed by atoms with Crippen LogP contribution in [0.1, 0.15) is 45.2 Å². The number of hydrogen-bond donors (Lipinski definition) is 2. The van der Waals surface area contributed by atoms with Crippen LogP contribution in [0.5, 0.6) is 0 Å². The molecule has 21 heavy (non-hydrogen) atoms. The Balaban J connectivity index is 2.00. The molecule has 1 aromatic carbocycles. The summed E-state index contributed by atoms with van der Waals surface area (Å²) < 4.78 is 1.07. The number of amides is 1. The molecule has 0 saturated carbocycles. The highest BCUT2D eigenvalue weighted by Crippen LogP contribution is 2.43. The van der Waals surface area contributed by atoms with E-state index in [0.717, 1.165) is 28.8 Å². The monoisotopic (exact) mass is 351 g/mol. The van der Waals surface area contributed by atoms with E-state index in [0.29, 0.717) is 0 Å². The third-order valence-corrected chi connectivity index (χ3v) is 5.19. The highest BCUT2D eigenvalue weighted by Gasteiger charge is 2.36. The molecule has 0 bridgehead atoms. The van der Waals surface area contributed by atoms with Crippen molar-refractivity contribution >= 4 is 33.2 Å². The summed E-state index contributed by atoms with van der Waals surface area (Å²) in [6, 6.07) is 3.97. The number of anilines is 2. The van der Waals surface area contributed by atoms with Crippen molar-refractivity contribution in [2.24, 2.45) is 0 Å². The molecule has 0 aliphatic carbocycles. The largest absolute Gasteiger partial charge is 0.365 e. The molecule has 4 nitrogen and oxygen atoms in total. The highest BCUT2D eigenvalue weighted by atomic mass is 79.9. The molecule has 1 atom stereocenters. The summed E-state index contributed by atoms with van der Waals surface area (Å²) in [5, 5.41) is 6.24. The first-order valence-corrected chi connectivity index (χ1v) is 8.38. The standard InChI is InChI=1S/C16H22BrN3O/c1-4-18-14-10-8-11(17)13(9-12(10)19-15(14)21)20-7-5-6-16(20,2)3/h8-9,14,18H,4-7H2,1-3H3,(H,19,21). The Bertz CT molecular complexity index is 585. The number of hydrogen-bond acceptors (Lipinski definition) is 3. The van der Waals surface area contributed by atoms with Gasteiger partial charge in [-0.25, -0.2) is 0 Å². The third-order valence-electron chi connectivity index (χ3n) is 4.55. The van der Waals surface area contributed by atoms with Crippen molar-refractivity contribution in [1.82, 2.24) is 5.32 Å². The van der Waals surface area contributed by atoms with E-state index < -0.39 is 0 Å². The van der Waals surface area contributed by atoms with E-state index in [2.05, 4.69) is 57.4 Å². The number of nitrogens with zero attached hydrogens (tertiary/aromatic N) is 1. The zero-order chi connectivity index (χ0) is 15.2. The lowest BCUT2D eigenvalue weighted by Crippen LogP contribution is -2.38. The predicted octanol–water partition coefficient (Wildman–Crippen LogP) is 3.43. The first-order valence-electron chi connectivity index (χ1n) is 7.59. The van der Waals surface area contributed by atoms with Crippen molar-refractivity contribution in [1.29, 1.82) is 0 Å². The smallest absolute Gasteiger partial charge is 0.246 e. The number of carbonyl (C=O) groups excluding carboxylic acids is 1. The second kappa shape index (κ2) is 5.29. The minimum Gasteiger partial charge on any atom is -0.365 e. The molecule has 1 aromatic rings. The fraction of sp³-hybridized carbons (Fsp3) is 0.562. The van der Waals surface area contributed by atoms with Crippen molar-refractivity contribution < 1.29 is 4.79 Å². The number of nitrogens with one attached hydrogen (secondary N) is 2. The second-order valence-electron chi connectivity index (χ2n) is 6.44. The summed E-state index contributed by atoms with van der Waals surface area (Å²) in [5.74, 6) is 0.0385. The minimum absolute atomic E-state index is 0.0385. The Morgan fingerprint density at radius 1 is 1.48 bits per heavy atom. The summed E-state index contributed by atoms with van der Waals surface area (Å²) in [6.45, 7) is 8.41. The Morgan fingerprint density at radius 2 is 2.24 bits per heavy atom. The third kappa shape index (κ3) is 2.46. The van der Waals surface area contributed by atoms with E-state index in [-0.39, 0.29) is 17.5 Å². The van der Waals surface area contributed by atoms with Gasteiger partial charge in [-0.3, -0.25) is 4.79 Å². The van der Waals surface area contributed by atoms with Crippen molar-refractivity contribution in [2.45, 2.75) is 45.2 Å². The van der Waals surface area contributed by atoms with Gasteiger partial charge < -0.3 is 15.5 Å². The molecular weight excluding hydrogens is 330 g/mol. The van der Waals surface area contributed by atoms with E-state index in [1.165, 1.54) is 18.5 Å². The first kappa shape index (κ1) is 14.9. The maximum absolute atomic E-state index is 12.1. The van der Waals surface area contributed by atoms with Gasteiger partial charge in [0.15, 0.2) is 0 Å². The van der Waals surface area contributed by atoms with Gasteiger partial charge in [-0.2, -0.15) is 0 Å². The van der Waals surface area contributed by atoms with Crippen LogP contribution in [0.4, 0.5) is 11.4 Å². The lowest BCUT2D eigenvalue weighted by molar-refractivity contribution is -0.117. The van der Waals surface area contributed by atoms with E-state index in [9.17, 15) is 4.79 Å². The molecule has 5 heteroatoms. The summed E-state index contributed by atoms with van der Waals surface area (Å²) in [6.07, 6.45) is 2.41. The molecule has 2 aliphatic heterocycles. The molecule has 114 valence electrons. The summed E-state index contributed by atoms with van der Waals surface area (Å²) >= 11 is 3.70. The van der Waals surface area contributed by atoms with Crippen molar-refractivity contribution in [3.05, 3.63) is 22.2 Å². The maximum Gasteiger partial charge on any atom is 0.246 e. The number of rotatable bonds is 3. The quantitative estimate of drug-likeness (QED) is 0.876. The molecule has 0 aromatic heterocycles. The van der Waals surface area contributed by atoms with Crippen molar-refractivity contribution in [3.63, 3.8) is 0 Å². The van der Waals surface area contributed by atoms with Crippen LogP contribution in [0, 0.1) is 0 Å². The molecule has 2 heterocycles. The normalized spacial score (nSPS) is 23.3.